The minimum absolute atomic E-state index is 0.782. The van der Waals surface area contributed by atoms with Crippen molar-refractivity contribution in [2.45, 2.75) is 26.6 Å². The van der Waals surface area contributed by atoms with Crippen LogP contribution in [0.25, 0.3) is 0 Å². The average molecular weight is 229 g/mol. The molecule has 0 heterocycles. The monoisotopic (exact) mass is 229 g/mol. The lowest BCUT2D eigenvalue weighted by Crippen LogP contribution is -2.17. The second-order valence-corrected chi connectivity index (χ2v) is 9.44. The zero-order valence-electron chi connectivity index (χ0n) is 10.5. The van der Waals surface area contributed by atoms with Gasteiger partial charge >= 0.3 is 0 Å². The molecular weight excluding hydrogens is 210 g/mol. The van der Waals surface area contributed by atoms with Gasteiger partial charge in [0.2, 0.25) is 0 Å². The fourth-order valence-electron chi connectivity index (χ4n) is 1.20. The summed E-state index contributed by atoms with van der Waals surface area (Å²) in [5.74, 6) is 3.24. The Morgan fingerprint density at radius 3 is 2.31 bits per heavy atom. The molecular formula is C14H19NSi. The summed E-state index contributed by atoms with van der Waals surface area (Å²) in [5, 5.41) is 0. The maximum absolute atomic E-state index is 4.46. The van der Waals surface area contributed by atoms with Crippen LogP contribution in [0.3, 0.4) is 0 Å². The third kappa shape index (κ3) is 4.46. The lowest BCUT2D eigenvalue weighted by Gasteiger charge is -2.04. The Morgan fingerprint density at radius 2 is 1.81 bits per heavy atom. The molecule has 0 aliphatic carbocycles. The highest BCUT2D eigenvalue weighted by Crippen LogP contribution is 2.02. The summed E-state index contributed by atoms with van der Waals surface area (Å²) in [6.07, 6.45) is 0. The first-order valence-corrected chi connectivity index (χ1v) is 9.16. The molecule has 0 N–H and O–H groups in total. The van der Waals surface area contributed by atoms with Gasteiger partial charge in [0, 0.05) is 12.1 Å². The zero-order chi connectivity index (χ0) is 12.0. The Kier molecular flexibility index (Phi) is 4.51. The third-order valence-corrected chi connectivity index (χ3v) is 2.79. The van der Waals surface area contributed by atoms with Gasteiger partial charge in [-0.3, -0.25) is 4.99 Å². The van der Waals surface area contributed by atoms with E-state index in [1.807, 2.05) is 25.1 Å². The molecule has 1 aromatic rings. The summed E-state index contributed by atoms with van der Waals surface area (Å²) < 4.78 is 0. The minimum Gasteiger partial charge on any atom is -0.276 e. The van der Waals surface area contributed by atoms with Crippen LogP contribution in [-0.4, -0.2) is 20.3 Å². The molecule has 0 amide bonds. The summed E-state index contributed by atoms with van der Waals surface area (Å²) >= 11 is 0. The second-order valence-electron chi connectivity index (χ2n) is 4.69. The molecule has 0 aliphatic rings. The molecule has 0 atom stereocenters. The molecule has 0 fully saturated rings. The van der Waals surface area contributed by atoms with Crippen LogP contribution >= 0.6 is 0 Å². The largest absolute Gasteiger partial charge is 0.276 e. The van der Waals surface area contributed by atoms with Crippen molar-refractivity contribution in [3.63, 3.8) is 0 Å². The van der Waals surface area contributed by atoms with Gasteiger partial charge in [0.25, 0.3) is 0 Å². The van der Waals surface area contributed by atoms with Crippen molar-refractivity contribution < 1.29 is 0 Å². The number of nitrogens with zero attached hydrogens (tertiary/aromatic N) is 1. The van der Waals surface area contributed by atoms with Crippen LogP contribution in [0.2, 0.25) is 19.6 Å². The molecule has 0 bridgehead atoms. The van der Waals surface area contributed by atoms with E-state index in [9.17, 15) is 0 Å². The fraction of sp³-hybridized carbons (Fsp3) is 0.357. The van der Waals surface area contributed by atoms with Gasteiger partial charge in [-0.05, 0) is 6.92 Å². The summed E-state index contributed by atoms with van der Waals surface area (Å²) in [6.45, 7) is 9.56. The zero-order valence-corrected chi connectivity index (χ0v) is 11.5. The van der Waals surface area contributed by atoms with E-state index in [4.69, 9.17) is 0 Å². The van der Waals surface area contributed by atoms with Crippen LogP contribution in [0.1, 0.15) is 12.5 Å². The lowest BCUT2D eigenvalue weighted by molar-refractivity contribution is 1.13. The smallest absolute Gasteiger partial charge is 0.129 e. The first-order chi connectivity index (χ1) is 7.53. The molecule has 0 saturated heterocycles. The van der Waals surface area contributed by atoms with Crippen LogP contribution in [0.4, 0.5) is 0 Å². The average Bonchev–Trinajstić information content (AvgIpc) is 2.24. The van der Waals surface area contributed by atoms with Gasteiger partial charge in [0.1, 0.15) is 13.8 Å². The Hall–Kier alpha value is -1.33. The summed E-state index contributed by atoms with van der Waals surface area (Å²) in [4.78, 5) is 4.46. The molecule has 0 unspecified atom stereocenters. The van der Waals surface area contributed by atoms with Crippen LogP contribution < -0.4 is 0 Å². The predicted octanol–water partition coefficient (Wildman–Crippen LogP) is 3.38. The van der Waals surface area contributed by atoms with Gasteiger partial charge < -0.3 is 0 Å². The third-order valence-electron chi connectivity index (χ3n) is 1.92. The minimum atomic E-state index is -1.32. The number of hydrogen-bond acceptors (Lipinski definition) is 1. The Morgan fingerprint density at radius 1 is 1.19 bits per heavy atom. The summed E-state index contributed by atoms with van der Waals surface area (Å²) in [7, 11) is -1.32. The molecule has 0 aliphatic heterocycles. The number of rotatable bonds is 2. The first kappa shape index (κ1) is 12.7. The van der Waals surface area contributed by atoms with Gasteiger partial charge in [-0.15, -0.1) is 5.54 Å². The van der Waals surface area contributed by atoms with E-state index in [1.165, 1.54) is 0 Å². The van der Waals surface area contributed by atoms with Gasteiger partial charge in [-0.2, -0.15) is 0 Å². The van der Waals surface area contributed by atoms with E-state index in [2.05, 4.69) is 48.2 Å². The van der Waals surface area contributed by atoms with Crippen molar-refractivity contribution in [3.8, 4) is 11.5 Å². The van der Waals surface area contributed by atoms with E-state index >= 15 is 0 Å². The standard InChI is InChI=1S/C14H19NSi/c1-5-15-14(11-12-16(2,3)4)13-9-7-6-8-10-13/h6-10H,5H2,1-4H3. The molecule has 1 rings (SSSR count). The van der Waals surface area contributed by atoms with Gasteiger partial charge in [0.15, 0.2) is 0 Å². The molecule has 1 nitrogen and oxygen atoms in total. The lowest BCUT2D eigenvalue weighted by atomic mass is 10.1. The predicted molar refractivity (Wildman–Crippen MR) is 74.6 cm³/mol. The van der Waals surface area contributed by atoms with Crippen LogP contribution in [-0.2, 0) is 0 Å². The van der Waals surface area contributed by atoms with Crippen LogP contribution in [0, 0.1) is 11.5 Å². The Labute approximate surface area is 99.6 Å². The van der Waals surface area contributed by atoms with Gasteiger partial charge in [-0.25, -0.2) is 0 Å². The van der Waals surface area contributed by atoms with Crippen molar-refractivity contribution in [1.82, 2.24) is 0 Å². The van der Waals surface area contributed by atoms with Crippen molar-refractivity contribution in [1.29, 1.82) is 0 Å². The normalized spacial score (nSPS) is 11.9. The highest BCUT2D eigenvalue weighted by molar-refractivity contribution is 6.84. The second kappa shape index (κ2) is 5.67. The number of aliphatic imine (C=N–C) groups is 1. The fourth-order valence-corrected chi connectivity index (χ4v) is 1.70. The molecule has 0 aromatic heterocycles. The molecule has 0 radical (unpaired) electrons. The maximum atomic E-state index is 4.46. The van der Waals surface area contributed by atoms with Crippen molar-refractivity contribution >= 4 is 13.8 Å². The summed E-state index contributed by atoms with van der Waals surface area (Å²) in [5.41, 5.74) is 5.41. The molecule has 0 spiro atoms. The first-order valence-electron chi connectivity index (χ1n) is 5.66. The highest BCUT2D eigenvalue weighted by atomic mass is 28.3. The maximum Gasteiger partial charge on any atom is 0.129 e. The van der Waals surface area contributed by atoms with Crippen molar-refractivity contribution in [2.24, 2.45) is 4.99 Å². The Balaban J connectivity index is 3.02. The van der Waals surface area contributed by atoms with E-state index in [-0.39, 0.29) is 0 Å². The number of hydrogen-bond donors (Lipinski definition) is 0. The van der Waals surface area contributed by atoms with Gasteiger partial charge in [0.05, 0.1) is 0 Å². The molecule has 84 valence electrons. The van der Waals surface area contributed by atoms with Crippen LogP contribution in [0.5, 0.6) is 0 Å². The molecule has 1 aromatic carbocycles. The van der Waals surface area contributed by atoms with Crippen LogP contribution in [0.15, 0.2) is 35.3 Å². The topological polar surface area (TPSA) is 12.4 Å². The van der Waals surface area contributed by atoms with E-state index in [0.717, 1.165) is 17.8 Å². The number of benzene rings is 1. The van der Waals surface area contributed by atoms with E-state index < -0.39 is 8.07 Å². The SMILES string of the molecule is CCN=C(C#C[Si](C)(C)C)c1ccccc1. The van der Waals surface area contributed by atoms with Crippen molar-refractivity contribution in [3.05, 3.63) is 35.9 Å². The summed E-state index contributed by atoms with van der Waals surface area (Å²) in [6, 6.07) is 10.2. The van der Waals surface area contributed by atoms with Gasteiger partial charge in [-0.1, -0.05) is 55.9 Å². The molecule has 16 heavy (non-hydrogen) atoms. The van der Waals surface area contributed by atoms with E-state index in [1.54, 1.807) is 0 Å². The molecule has 2 heteroatoms. The highest BCUT2D eigenvalue weighted by Gasteiger charge is 2.08. The Bertz CT molecular complexity index is 416. The van der Waals surface area contributed by atoms with E-state index in [0.29, 0.717) is 0 Å². The van der Waals surface area contributed by atoms with Crippen molar-refractivity contribution in [2.75, 3.05) is 6.54 Å². The molecule has 0 saturated carbocycles. The quantitative estimate of drug-likeness (QED) is 0.419.